The molecule has 0 radical (unpaired) electrons. The van der Waals surface area contributed by atoms with Crippen molar-refractivity contribution in [2.75, 3.05) is 6.54 Å². The van der Waals surface area contributed by atoms with E-state index in [4.69, 9.17) is 17.3 Å². The molecule has 0 atom stereocenters. The highest BCUT2D eigenvalue weighted by atomic mass is 35.5. The number of hydrogen-bond donors (Lipinski definition) is 2. The van der Waals surface area contributed by atoms with Gasteiger partial charge in [-0.1, -0.05) is 30.9 Å². The molecular formula is C13H20Cl2N2OS. The van der Waals surface area contributed by atoms with Crippen molar-refractivity contribution < 1.29 is 4.79 Å². The summed E-state index contributed by atoms with van der Waals surface area (Å²) >= 11 is 7.41. The van der Waals surface area contributed by atoms with Crippen LogP contribution in [-0.2, 0) is 11.2 Å². The van der Waals surface area contributed by atoms with Gasteiger partial charge in [0.2, 0.25) is 5.91 Å². The van der Waals surface area contributed by atoms with Crippen molar-refractivity contribution in [3.05, 3.63) is 21.3 Å². The number of nitrogens with one attached hydrogen (secondary N) is 1. The van der Waals surface area contributed by atoms with Crippen molar-refractivity contribution in [2.45, 2.75) is 44.1 Å². The molecule has 0 unspecified atom stereocenters. The Bertz CT molecular complexity index is 417. The van der Waals surface area contributed by atoms with Gasteiger partial charge in [-0.15, -0.1) is 23.7 Å². The van der Waals surface area contributed by atoms with Crippen LogP contribution in [0.4, 0.5) is 0 Å². The van der Waals surface area contributed by atoms with Crippen LogP contribution in [-0.4, -0.2) is 18.0 Å². The van der Waals surface area contributed by atoms with Crippen molar-refractivity contribution in [1.82, 2.24) is 5.32 Å². The van der Waals surface area contributed by atoms with Gasteiger partial charge < -0.3 is 11.1 Å². The Kier molecular flexibility index (Phi) is 6.60. The van der Waals surface area contributed by atoms with Crippen molar-refractivity contribution in [3.8, 4) is 0 Å². The maximum atomic E-state index is 12.1. The van der Waals surface area contributed by atoms with Crippen LogP contribution in [0.1, 0.15) is 37.0 Å². The molecule has 0 spiro atoms. The molecule has 1 heterocycles. The number of nitrogens with two attached hydrogens (primary N) is 1. The standard InChI is InChI=1S/C13H19ClN2OS.ClH/c14-11-5-4-10(18-11)6-9-16-12(17)13(15)7-2-1-3-8-13;/h4-5H,1-3,6-9,15H2,(H,16,17);1H. The molecule has 1 saturated carbocycles. The van der Waals surface area contributed by atoms with Gasteiger partial charge >= 0.3 is 0 Å². The third kappa shape index (κ3) is 4.63. The Balaban J connectivity index is 0.00000180. The van der Waals surface area contributed by atoms with E-state index < -0.39 is 5.54 Å². The van der Waals surface area contributed by atoms with Crippen LogP contribution in [0.5, 0.6) is 0 Å². The van der Waals surface area contributed by atoms with Gasteiger partial charge in [-0.25, -0.2) is 0 Å². The molecule has 0 aliphatic heterocycles. The minimum atomic E-state index is -0.634. The Hall–Kier alpha value is -0.290. The van der Waals surface area contributed by atoms with Crippen molar-refractivity contribution in [3.63, 3.8) is 0 Å². The molecule has 3 N–H and O–H groups in total. The number of hydrogen-bond acceptors (Lipinski definition) is 3. The van der Waals surface area contributed by atoms with Gasteiger partial charge in [-0.3, -0.25) is 4.79 Å². The Labute approximate surface area is 129 Å². The van der Waals surface area contributed by atoms with Gasteiger partial charge in [-0.05, 0) is 31.4 Å². The van der Waals surface area contributed by atoms with Gasteiger partial charge in [0.05, 0.1) is 9.88 Å². The summed E-state index contributed by atoms with van der Waals surface area (Å²) in [7, 11) is 0. The van der Waals surface area contributed by atoms with Crippen LogP contribution in [0.25, 0.3) is 0 Å². The largest absolute Gasteiger partial charge is 0.354 e. The summed E-state index contributed by atoms with van der Waals surface area (Å²) in [6.07, 6.45) is 5.75. The van der Waals surface area contributed by atoms with Crippen LogP contribution in [0, 0.1) is 0 Å². The fraction of sp³-hybridized carbons (Fsp3) is 0.615. The zero-order valence-corrected chi connectivity index (χ0v) is 13.2. The van der Waals surface area contributed by atoms with Crippen LogP contribution >= 0.6 is 35.3 Å². The molecule has 0 bridgehead atoms. The fourth-order valence-electron chi connectivity index (χ4n) is 2.37. The molecule has 1 aliphatic carbocycles. The molecule has 1 aromatic heterocycles. The first-order valence-electron chi connectivity index (χ1n) is 6.41. The van der Waals surface area contributed by atoms with E-state index in [0.29, 0.717) is 6.54 Å². The first kappa shape index (κ1) is 16.8. The molecule has 3 nitrogen and oxygen atoms in total. The predicted octanol–water partition coefficient (Wildman–Crippen LogP) is 3.14. The topological polar surface area (TPSA) is 55.1 Å². The second-order valence-electron chi connectivity index (χ2n) is 4.93. The third-order valence-corrected chi connectivity index (χ3v) is 4.77. The highest BCUT2D eigenvalue weighted by Gasteiger charge is 2.34. The SMILES string of the molecule is Cl.NC1(C(=O)NCCc2ccc(Cl)s2)CCCCC1. The maximum Gasteiger partial charge on any atom is 0.240 e. The lowest BCUT2D eigenvalue weighted by Crippen LogP contribution is -2.55. The van der Waals surface area contributed by atoms with E-state index in [0.717, 1.165) is 36.4 Å². The molecule has 1 aromatic rings. The summed E-state index contributed by atoms with van der Waals surface area (Å²) in [4.78, 5) is 13.2. The second-order valence-corrected chi connectivity index (χ2v) is 6.73. The average molecular weight is 323 g/mol. The lowest BCUT2D eigenvalue weighted by Gasteiger charge is -2.31. The summed E-state index contributed by atoms with van der Waals surface area (Å²) in [6.45, 7) is 0.634. The zero-order chi connectivity index (χ0) is 13.0. The quantitative estimate of drug-likeness (QED) is 0.894. The summed E-state index contributed by atoms with van der Waals surface area (Å²) in [5.41, 5.74) is 5.52. The van der Waals surface area contributed by atoms with Gasteiger partial charge in [0.1, 0.15) is 0 Å². The number of amides is 1. The van der Waals surface area contributed by atoms with Crippen LogP contribution in [0.15, 0.2) is 12.1 Å². The van der Waals surface area contributed by atoms with Crippen molar-refractivity contribution >= 4 is 41.3 Å². The van der Waals surface area contributed by atoms with E-state index in [-0.39, 0.29) is 18.3 Å². The van der Waals surface area contributed by atoms with Crippen LogP contribution < -0.4 is 11.1 Å². The first-order chi connectivity index (χ1) is 8.60. The molecule has 6 heteroatoms. The van der Waals surface area contributed by atoms with E-state index >= 15 is 0 Å². The smallest absolute Gasteiger partial charge is 0.240 e. The lowest BCUT2D eigenvalue weighted by atomic mass is 9.82. The van der Waals surface area contributed by atoms with Gasteiger partial charge in [0.25, 0.3) is 0 Å². The summed E-state index contributed by atoms with van der Waals surface area (Å²) < 4.78 is 0.791. The maximum absolute atomic E-state index is 12.1. The summed E-state index contributed by atoms with van der Waals surface area (Å²) in [5.74, 6) is 0.00449. The molecule has 0 saturated heterocycles. The van der Waals surface area contributed by atoms with E-state index in [9.17, 15) is 4.79 Å². The van der Waals surface area contributed by atoms with Crippen molar-refractivity contribution in [1.29, 1.82) is 0 Å². The molecule has 2 rings (SSSR count). The predicted molar refractivity (Wildman–Crippen MR) is 83.3 cm³/mol. The average Bonchev–Trinajstić information content (AvgIpc) is 2.76. The number of carbonyl (C=O) groups excluding carboxylic acids is 1. The monoisotopic (exact) mass is 322 g/mol. The van der Waals surface area contributed by atoms with Crippen LogP contribution in [0.3, 0.4) is 0 Å². The van der Waals surface area contributed by atoms with E-state index in [2.05, 4.69) is 5.32 Å². The second kappa shape index (κ2) is 7.48. The Morgan fingerprint density at radius 2 is 2.05 bits per heavy atom. The lowest BCUT2D eigenvalue weighted by molar-refractivity contribution is -0.127. The van der Waals surface area contributed by atoms with Gasteiger partial charge in [0, 0.05) is 11.4 Å². The number of thiophene rings is 1. The molecule has 19 heavy (non-hydrogen) atoms. The molecule has 108 valence electrons. The van der Waals surface area contributed by atoms with Gasteiger partial charge in [-0.2, -0.15) is 0 Å². The molecule has 1 fully saturated rings. The fourth-order valence-corrected chi connectivity index (χ4v) is 3.46. The minimum absolute atomic E-state index is 0. The van der Waals surface area contributed by atoms with E-state index in [1.54, 1.807) is 11.3 Å². The highest BCUT2D eigenvalue weighted by Crippen LogP contribution is 2.26. The summed E-state index contributed by atoms with van der Waals surface area (Å²) in [5, 5.41) is 2.95. The van der Waals surface area contributed by atoms with E-state index in [1.165, 1.54) is 11.3 Å². The normalized spacial score (nSPS) is 17.6. The van der Waals surface area contributed by atoms with Crippen LogP contribution in [0.2, 0.25) is 4.34 Å². The first-order valence-corrected chi connectivity index (χ1v) is 7.61. The van der Waals surface area contributed by atoms with Crippen molar-refractivity contribution in [2.24, 2.45) is 5.73 Å². The third-order valence-electron chi connectivity index (χ3n) is 3.48. The van der Waals surface area contributed by atoms with E-state index in [1.807, 2.05) is 12.1 Å². The summed E-state index contributed by atoms with van der Waals surface area (Å²) in [6, 6.07) is 3.88. The molecule has 1 amide bonds. The molecule has 1 aliphatic rings. The highest BCUT2D eigenvalue weighted by molar-refractivity contribution is 7.16. The number of carbonyl (C=O) groups is 1. The molecular weight excluding hydrogens is 303 g/mol. The molecule has 0 aromatic carbocycles. The number of halogens is 2. The minimum Gasteiger partial charge on any atom is -0.354 e. The Morgan fingerprint density at radius 1 is 1.37 bits per heavy atom. The number of rotatable bonds is 4. The Morgan fingerprint density at radius 3 is 2.63 bits per heavy atom. The van der Waals surface area contributed by atoms with Gasteiger partial charge in [0.15, 0.2) is 0 Å². The zero-order valence-electron chi connectivity index (χ0n) is 10.8.